The van der Waals surface area contributed by atoms with Gasteiger partial charge in [0.05, 0.1) is 0 Å². The van der Waals surface area contributed by atoms with Crippen molar-refractivity contribution >= 4 is 0 Å². The van der Waals surface area contributed by atoms with Crippen LogP contribution in [0.3, 0.4) is 0 Å². The molecule has 6 aromatic carbocycles. The Bertz CT molecular complexity index is 2970. The Labute approximate surface area is 612 Å². The summed E-state index contributed by atoms with van der Waals surface area (Å²) < 4.78 is 37.1. The standard InChI is InChI=1S/C92H132O9/c1-4-7-10-13-16-19-22-25-28-31-34-37-40-48-77-51-43-56-87(64-77)96-71-84(93)73-99-90-59-46-54-80(67-90)61-82-63-83(70-92(69-82)101-76-86(95)75-98-89-58-45-53-79(66-89)50-42-39-36-33-30-27-24-21-18-15-12-9-6-3)62-81-55-47-60-91(68-81)100-74-85(94)72-97-88-57-44-52-78(65-88)49-41-38-35-32-29-26-23-20-17-14-11-8-5-2/h13-18,43-47,51-60,63-70,84-86,93-95H,4-12,19-42,48-50,61-62,71-76H2,1-3H3/b16-13+,17-14+,18-15+. The molecule has 9 heteroatoms. The Morgan fingerprint density at radius 1 is 0.238 bits per heavy atom. The number of rotatable bonds is 61. The van der Waals surface area contributed by atoms with Crippen molar-refractivity contribution in [1.29, 1.82) is 0 Å². The zero-order chi connectivity index (χ0) is 71.1. The lowest BCUT2D eigenvalue weighted by Crippen LogP contribution is -2.25. The Balaban J connectivity index is 0.970. The molecule has 0 saturated heterocycles. The summed E-state index contributed by atoms with van der Waals surface area (Å²) in [6, 6.07) is 47.0. The number of allylic oxidation sites excluding steroid dienone is 6. The van der Waals surface area contributed by atoms with Crippen LogP contribution >= 0.6 is 0 Å². The summed E-state index contributed by atoms with van der Waals surface area (Å²) in [5, 5.41) is 33.3. The highest BCUT2D eigenvalue weighted by Crippen LogP contribution is 2.27. The topological polar surface area (TPSA) is 116 Å². The highest BCUT2D eigenvalue weighted by molar-refractivity contribution is 5.42. The number of benzene rings is 6. The maximum atomic E-state index is 11.3. The second-order valence-electron chi connectivity index (χ2n) is 28.3. The minimum atomic E-state index is -0.864. The SMILES string of the molecule is CCCC/C=C/CCCCCCCCCc1cccc(OCC(O)COc2cccc(Cc3cc(Cc4cccc(OCC(O)COc5cccc(CCCCCCCCC/C=C/CCCC)c5)c4)cc(OCC(O)COc4cccc(CCCCCCCCC/C=C/CCCC)c4)c3)c2)c1. The second kappa shape index (κ2) is 54.9. The van der Waals surface area contributed by atoms with E-state index in [-0.39, 0.29) is 39.6 Å². The van der Waals surface area contributed by atoms with Gasteiger partial charge >= 0.3 is 0 Å². The van der Waals surface area contributed by atoms with Crippen LogP contribution in [0.15, 0.2) is 176 Å². The number of aryl methyl sites for hydroxylation is 3. The van der Waals surface area contributed by atoms with Gasteiger partial charge in [0.2, 0.25) is 0 Å². The first-order valence-corrected chi connectivity index (χ1v) is 40.1. The van der Waals surface area contributed by atoms with Crippen LogP contribution < -0.4 is 28.4 Å². The van der Waals surface area contributed by atoms with Crippen LogP contribution in [0.1, 0.15) is 272 Å². The molecule has 0 aliphatic carbocycles. The highest BCUT2D eigenvalue weighted by atomic mass is 16.5. The van der Waals surface area contributed by atoms with Gasteiger partial charge in [-0.1, -0.05) is 259 Å². The van der Waals surface area contributed by atoms with E-state index in [1.807, 2.05) is 84.9 Å². The molecular formula is C92H132O9. The summed E-state index contributed by atoms with van der Waals surface area (Å²) in [4.78, 5) is 0. The summed E-state index contributed by atoms with van der Waals surface area (Å²) >= 11 is 0. The van der Waals surface area contributed by atoms with Gasteiger partial charge in [-0.2, -0.15) is 0 Å². The van der Waals surface area contributed by atoms with E-state index in [1.165, 1.54) is 222 Å². The summed E-state index contributed by atoms with van der Waals surface area (Å²) in [5.41, 5.74) is 7.90. The molecule has 0 fully saturated rings. The molecule has 6 rings (SSSR count). The number of hydrogen-bond donors (Lipinski definition) is 3. The van der Waals surface area contributed by atoms with Crippen molar-refractivity contribution in [2.75, 3.05) is 39.6 Å². The summed E-state index contributed by atoms with van der Waals surface area (Å²) in [5.74, 6) is 4.25. The Morgan fingerprint density at radius 2 is 0.455 bits per heavy atom. The third-order valence-electron chi connectivity index (χ3n) is 18.7. The molecule has 554 valence electrons. The maximum absolute atomic E-state index is 11.3. The molecule has 0 heterocycles. The molecule has 0 radical (unpaired) electrons. The van der Waals surface area contributed by atoms with E-state index in [2.05, 4.69) is 112 Å². The number of ether oxygens (including phenoxy) is 6. The molecular weight excluding hydrogens is 1250 g/mol. The lowest BCUT2D eigenvalue weighted by atomic mass is 9.98. The van der Waals surface area contributed by atoms with Crippen molar-refractivity contribution in [3.05, 3.63) is 215 Å². The van der Waals surface area contributed by atoms with Crippen molar-refractivity contribution < 1.29 is 43.7 Å². The average molecular weight is 1380 g/mol. The third-order valence-corrected chi connectivity index (χ3v) is 18.7. The quantitative estimate of drug-likeness (QED) is 0.0254. The fourth-order valence-electron chi connectivity index (χ4n) is 12.7. The van der Waals surface area contributed by atoms with Gasteiger partial charge in [-0.3, -0.25) is 0 Å². The fraction of sp³-hybridized carbons (Fsp3) is 0.543. The Kier molecular flexibility index (Phi) is 45.2. The van der Waals surface area contributed by atoms with Gasteiger partial charge in [-0.15, -0.1) is 0 Å². The van der Waals surface area contributed by atoms with Gasteiger partial charge in [0.1, 0.15) is 92.5 Å². The second-order valence-corrected chi connectivity index (χ2v) is 28.3. The van der Waals surface area contributed by atoms with E-state index in [0.717, 1.165) is 65.2 Å². The number of hydrogen-bond acceptors (Lipinski definition) is 9. The Morgan fingerprint density at radius 3 is 0.733 bits per heavy atom. The minimum absolute atomic E-state index is 0.0518. The van der Waals surface area contributed by atoms with Gasteiger partial charge in [0.15, 0.2) is 0 Å². The average Bonchev–Trinajstić information content (AvgIpc) is 0.907. The van der Waals surface area contributed by atoms with Crippen molar-refractivity contribution in [2.24, 2.45) is 0 Å². The molecule has 9 nitrogen and oxygen atoms in total. The molecule has 0 bridgehead atoms. The molecule has 3 N–H and O–H groups in total. The van der Waals surface area contributed by atoms with Gasteiger partial charge in [0, 0.05) is 0 Å². The zero-order valence-electron chi connectivity index (χ0n) is 62.9. The Hall–Kier alpha value is -6.78. The zero-order valence-corrected chi connectivity index (χ0v) is 62.9. The maximum Gasteiger partial charge on any atom is 0.122 e. The highest BCUT2D eigenvalue weighted by Gasteiger charge is 2.14. The lowest BCUT2D eigenvalue weighted by molar-refractivity contribution is 0.0625. The van der Waals surface area contributed by atoms with Gasteiger partial charge in [-0.05, 0) is 221 Å². The van der Waals surface area contributed by atoms with E-state index in [1.54, 1.807) is 0 Å². The smallest absolute Gasteiger partial charge is 0.122 e. The lowest BCUT2D eigenvalue weighted by Gasteiger charge is -2.17. The molecule has 101 heavy (non-hydrogen) atoms. The van der Waals surface area contributed by atoms with Crippen molar-refractivity contribution in [2.45, 2.75) is 283 Å². The fourth-order valence-corrected chi connectivity index (χ4v) is 12.7. The number of unbranched alkanes of at least 4 members (excludes halogenated alkanes) is 27. The molecule has 6 aromatic rings. The molecule has 0 aromatic heterocycles. The molecule has 3 atom stereocenters. The first-order chi connectivity index (χ1) is 49.7. The molecule has 0 aliphatic rings. The largest absolute Gasteiger partial charge is 0.491 e. The summed E-state index contributed by atoms with van der Waals surface area (Å²) in [6.45, 7) is 7.32. The van der Waals surface area contributed by atoms with Crippen LogP contribution in [0.5, 0.6) is 34.5 Å². The predicted molar refractivity (Wildman–Crippen MR) is 423 cm³/mol. The molecule has 0 saturated carbocycles. The van der Waals surface area contributed by atoms with Crippen LogP contribution in [0.2, 0.25) is 0 Å². The van der Waals surface area contributed by atoms with E-state index in [9.17, 15) is 15.3 Å². The predicted octanol–water partition coefficient (Wildman–Crippen LogP) is 23.6. The molecule has 3 unspecified atom stereocenters. The normalized spacial score (nSPS) is 12.6. The van der Waals surface area contributed by atoms with Crippen molar-refractivity contribution in [3.63, 3.8) is 0 Å². The number of aliphatic hydroxyl groups is 3. The molecule has 0 spiro atoms. The summed E-state index contributed by atoms with van der Waals surface area (Å²) in [7, 11) is 0. The third kappa shape index (κ3) is 40.6. The van der Waals surface area contributed by atoms with E-state index in [4.69, 9.17) is 28.4 Å². The van der Waals surface area contributed by atoms with Crippen LogP contribution in [-0.2, 0) is 32.1 Å². The molecule has 0 amide bonds. The van der Waals surface area contributed by atoms with Crippen molar-refractivity contribution in [3.8, 4) is 34.5 Å². The van der Waals surface area contributed by atoms with Gasteiger partial charge in [0.25, 0.3) is 0 Å². The van der Waals surface area contributed by atoms with E-state index in [0.29, 0.717) is 30.1 Å². The van der Waals surface area contributed by atoms with Crippen molar-refractivity contribution in [1.82, 2.24) is 0 Å². The monoisotopic (exact) mass is 1380 g/mol. The first-order valence-electron chi connectivity index (χ1n) is 40.1. The van der Waals surface area contributed by atoms with E-state index < -0.39 is 18.3 Å². The van der Waals surface area contributed by atoms with Gasteiger partial charge < -0.3 is 43.7 Å². The summed E-state index contributed by atoms with van der Waals surface area (Å²) in [6.07, 6.45) is 57.7. The van der Waals surface area contributed by atoms with Gasteiger partial charge in [-0.25, -0.2) is 0 Å². The van der Waals surface area contributed by atoms with Crippen LogP contribution in [0.4, 0.5) is 0 Å². The van der Waals surface area contributed by atoms with Crippen LogP contribution in [0, 0.1) is 0 Å². The first kappa shape index (κ1) is 83.2. The van der Waals surface area contributed by atoms with E-state index >= 15 is 0 Å². The van der Waals surface area contributed by atoms with Crippen LogP contribution in [-0.4, -0.2) is 73.3 Å². The number of aliphatic hydroxyl groups excluding tert-OH is 3. The molecule has 0 aliphatic heterocycles. The van der Waals surface area contributed by atoms with Crippen LogP contribution in [0.25, 0.3) is 0 Å². The minimum Gasteiger partial charge on any atom is -0.491 e.